The van der Waals surface area contributed by atoms with Crippen LogP contribution in [0.1, 0.15) is 22.3 Å². The first-order chi connectivity index (χ1) is 13.0. The molecule has 0 bridgehead atoms. The van der Waals surface area contributed by atoms with Gasteiger partial charge in [-0.2, -0.15) is 0 Å². The molecule has 0 unspecified atom stereocenters. The third kappa shape index (κ3) is 6.74. The van der Waals surface area contributed by atoms with Crippen LogP contribution >= 0.6 is 15.9 Å². The molecule has 8 heteroatoms. The number of amides is 3. The number of carbonyl (C=O) groups is 3. The molecule has 0 fully saturated rings. The van der Waals surface area contributed by atoms with Gasteiger partial charge >= 0.3 is 12.0 Å². The monoisotopic (exact) mass is 434 g/mol. The van der Waals surface area contributed by atoms with Crippen LogP contribution in [0.2, 0.25) is 0 Å². The van der Waals surface area contributed by atoms with Crippen molar-refractivity contribution in [3.05, 3.63) is 64.1 Å². The molecular weight excluding hydrogens is 416 g/mol. The zero-order chi connectivity index (χ0) is 19.6. The van der Waals surface area contributed by atoms with E-state index in [1.54, 1.807) is 18.2 Å². The normalized spacial score (nSPS) is 10.0. The average Bonchev–Trinajstić information content (AvgIpc) is 2.67. The molecular formula is C19H19BrN2O5. The van der Waals surface area contributed by atoms with Crippen LogP contribution in [-0.4, -0.2) is 31.6 Å². The summed E-state index contributed by atoms with van der Waals surface area (Å²) in [6.07, 6.45) is 0.00392. The highest BCUT2D eigenvalue weighted by molar-refractivity contribution is 9.10. The molecule has 142 valence electrons. The number of urea groups is 1. The summed E-state index contributed by atoms with van der Waals surface area (Å²) in [7, 11) is 1.30. The lowest BCUT2D eigenvalue weighted by atomic mass is 10.2. The van der Waals surface area contributed by atoms with E-state index in [0.717, 1.165) is 5.56 Å². The van der Waals surface area contributed by atoms with Crippen LogP contribution in [0.4, 0.5) is 4.79 Å². The fourth-order valence-corrected chi connectivity index (χ4v) is 2.62. The predicted molar refractivity (Wildman–Crippen MR) is 102 cm³/mol. The van der Waals surface area contributed by atoms with Gasteiger partial charge in [-0.25, -0.2) is 9.59 Å². The molecule has 0 spiro atoms. The van der Waals surface area contributed by atoms with Gasteiger partial charge in [0.15, 0.2) is 0 Å². The quantitative estimate of drug-likeness (QED) is 0.653. The summed E-state index contributed by atoms with van der Waals surface area (Å²) in [4.78, 5) is 35.0. The number of methoxy groups -OCH3 is 1. The third-order valence-electron chi connectivity index (χ3n) is 3.49. The largest absolute Gasteiger partial charge is 0.492 e. The highest BCUT2D eigenvalue weighted by atomic mass is 79.9. The molecule has 0 atom stereocenters. The van der Waals surface area contributed by atoms with Gasteiger partial charge in [0.05, 0.1) is 30.2 Å². The SMILES string of the molecule is COC(=O)c1ccc(OCCC(=O)NC(=O)NCc2ccccc2)c(Br)c1. The maximum Gasteiger partial charge on any atom is 0.337 e. The summed E-state index contributed by atoms with van der Waals surface area (Å²) in [5.41, 5.74) is 1.31. The van der Waals surface area contributed by atoms with Crippen molar-refractivity contribution in [1.29, 1.82) is 0 Å². The van der Waals surface area contributed by atoms with Gasteiger partial charge in [0.2, 0.25) is 5.91 Å². The number of halogens is 1. The van der Waals surface area contributed by atoms with Crippen LogP contribution in [0.5, 0.6) is 5.75 Å². The van der Waals surface area contributed by atoms with E-state index >= 15 is 0 Å². The van der Waals surface area contributed by atoms with Crippen molar-refractivity contribution >= 4 is 33.8 Å². The molecule has 2 aromatic rings. The number of esters is 1. The number of benzene rings is 2. The van der Waals surface area contributed by atoms with E-state index in [2.05, 4.69) is 31.3 Å². The number of hydrogen-bond acceptors (Lipinski definition) is 5. The lowest BCUT2D eigenvalue weighted by molar-refractivity contribution is -0.120. The summed E-state index contributed by atoms with van der Waals surface area (Å²) in [5.74, 6) is -0.435. The second-order valence-electron chi connectivity index (χ2n) is 5.45. The van der Waals surface area contributed by atoms with Gasteiger partial charge in [-0.3, -0.25) is 10.1 Å². The Kier molecular flexibility index (Phi) is 7.81. The van der Waals surface area contributed by atoms with E-state index in [4.69, 9.17) is 4.74 Å². The second kappa shape index (κ2) is 10.3. The van der Waals surface area contributed by atoms with Crippen molar-refractivity contribution in [2.45, 2.75) is 13.0 Å². The Labute approximate surface area is 165 Å². The van der Waals surface area contributed by atoms with Crippen LogP contribution in [0.15, 0.2) is 53.0 Å². The number of imide groups is 1. The van der Waals surface area contributed by atoms with Crippen molar-refractivity contribution in [3.8, 4) is 5.75 Å². The molecule has 0 heterocycles. The summed E-state index contributed by atoms with van der Waals surface area (Å²) in [6.45, 7) is 0.407. The number of ether oxygens (including phenoxy) is 2. The third-order valence-corrected chi connectivity index (χ3v) is 4.11. The molecule has 0 aliphatic heterocycles. The fraction of sp³-hybridized carbons (Fsp3) is 0.211. The first-order valence-electron chi connectivity index (χ1n) is 8.12. The van der Waals surface area contributed by atoms with Crippen molar-refractivity contribution in [3.63, 3.8) is 0 Å². The minimum absolute atomic E-state index is 0.00392. The zero-order valence-electron chi connectivity index (χ0n) is 14.7. The lowest BCUT2D eigenvalue weighted by Gasteiger charge is -2.10. The van der Waals surface area contributed by atoms with Crippen molar-refractivity contribution in [2.24, 2.45) is 0 Å². The maximum atomic E-state index is 11.8. The minimum Gasteiger partial charge on any atom is -0.492 e. The highest BCUT2D eigenvalue weighted by Gasteiger charge is 2.11. The summed E-state index contributed by atoms with van der Waals surface area (Å²) in [5, 5.41) is 4.85. The molecule has 27 heavy (non-hydrogen) atoms. The van der Waals surface area contributed by atoms with Gasteiger partial charge in [0.1, 0.15) is 5.75 Å². The predicted octanol–water partition coefficient (Wildman–Crippen LogP) is 3.03. The van der Waals surface area contributed by atoms with Crippen LogP contribution in [0, 0.1) is 0 Å². The van der Waals surface area contributed by atoms with E-state index in [0.29, 0.717) is 22.3 Å². The topological polar surface area (TPSA) is 93.7 Å². The van der Waals surface area contributed by atoms with Crippen molar-refractivity contribution < 1.29 is 23.9 Å². The van der Waals surface area contributed by atoms with Crippen molar-refractivity contribution in [2.75, 3.05) is 13.7 Å². The Morgan fingerprint density at radius 1 is 1.07 bits per heavy atom. The minimum atomic E-state index is -0.563. The molecule has 0 aromatic heterocycles. The van der Waals surface area contributed by atoms with Crippen LogP contribution < -0.4 is 15.4 Å². The van der Waals surface area contributed by atoms with Crippen LogP contribution in [-0.2, 0) is 16.1 Å². The Hall–Kier alpha value is -2.87. The molecule has 0 saturated heterocycles. The van der Waals surface area contributed by atoms with Gasteiger partial charge in [-0.05, 0) is 39.7 Å². The summed E-state index contributed by atoms with van der Waals surface area (Å²) < 4.78 is 10.7. The van der Waals surface area contributed by atoms with Gasteiger partial charge in [-0.1, -0.05) is 30.3 Å². The number of rotatable bonds is 7. The molecule has 2 aromatic carbocycles. The molecule has 2 rings (SSSR count). The molecule has 2 N–H and O–H groups in total. The number of nitrogens with one attached hydrogen (secondary N) is 2. The van der Waals surface area contributed by atoms with Gasteiger partial charge < -0.3 is 14.8 Å². The van der Waals surface area contributed by atoms with Crippen LogP contribution in [0.3, 0.4) is 0 Å². The van der Waals surface area contributed by atoms with Gasteiger partial charge in [0.25, 0.3) is 0 Å². The summed E-state index contributed by atoms with van der Waals surface area (Å²) >= 11 is 3.30. The first-order valence-corrected chi connectivity index (χ1v) is 8.91. The molecule has 0 radical (unpaired) electrons. The van der Waals surface area contributed by atoms with Crippen molar-refractivity contribution in [1.82, 2.24) is 10.6 Å². The molecule has 0 saturated carbocycles. The smallest absolute Gasteiger partial charge is 0.337 e. The standard InChI is InChI=1S/C19H19BrN2O5/c1-26-18(24)14-7-8-16(15(20)11-14)27-10-9-17(23)22-19(25)21-12-13-5-3-2-4-6-13/h2-8,11H,9-10,12H2,1H3,(H2,21,22,23,25). The van der Waals surface area contributed by atoms with E-state index in [-0.39, 0.29) is 13.0 Å². The molecule has 0 aliphatic carbocycles. The zero-order valence-corrected chi connectivity index (χ0v) is 16.2. The molecule has 7 nitrogen and oxygen atoms in total. The van der Waals surface area contributed by atoms with E-state index < -0.39 is 17.9 Å². The Morgan fingerprint density at radius 2 is 1.81 bits per heavy atom. The number of hydrogen-bond donors (Lipinski definition) is 2. The summed E-state index contributed by atoms with van der Waals surface area (Å²) in [6, 6.07) is 13.5. The fourth-order valence-electron chi connectivity index (χ4n) is 2.13. The molecule has 3 amide bonds. The Balaban J connectivity index is 1.72. The van der Waals surface area contributed by atoms with Gasteiger partial charge in [0, 0.05) is 6.54 Å². The first kappa shape index (κ1) is 20.4. The second-order valence-corrected chi connectivity index (χ2v) is 6.31. The van der Waals surface area contributed by atoms with E-state index in [1.807, 2.05) is 30.3 Å². The van der Waals surface area contributed by atoms with Gasteiger partial charge in [-0.15, -0.1) is 0 Å². The molecule has 0 aliphatic rings. The Bertz CT molecular complexity index is 811. The number of carbonyl (C=O) groups excluding carboxylic acids is 3. The highest BCUT2D eigenvalue weighted by Crippen LogP contribution is 2.26. The van der Waals surface area contributed by atoms with E-state index in [1.165, 1.54) is 7.11 Å². The average molecular weight is 435 g/mol. The lowest BCUT2D eigenvalue weighted by Crippen LogP contribution is -2.39. The maximum absolute atomic E-state index is 11.8. The Morgan fingerprint density at radius 3 is 2.48 bits per heavy atom. The van der Waals surface area contributed by atoms with E-state index in [9.17, 15) is 14.4 Å². The van der Waals surface area contributed by atoms with Crippen LogP contribution in [0.25, 0.3) is 0 Å².